The first-order chi connectivity index (χ1) is 24.2. The van der Waals surface area contributed by atoms with Crippen molar-refractivity contribution in [3.63, 3.8) is 0 Å². The smallest absolute Gasteiger partial charge is 0.220 e. The first-order valence-corrected chi connectivity index (χ1v) is 21.4. The molecule has 4 nitrogen and oxygen atoms in total. The van der Waals surface area contributed by atoms with Gasteiger partial charge in [-0.3, -0.25) is 4.79 Å². The van der Waals surface area contributed by atoms with Gasteiger partial charge in [-0.25, -0.2) is 0 Å². The fraction of sp³-hybridized carbons (Fsp3) is 0.800. The Morgan fingerprint density at radius 1 is 0.490 bits per heavy atom. The normalized spacial score (nSPS) is 13.5. The Morgan fingerprint density at radius 3 is 1.39 bits per heavy atom. The van der Waals surface area contributed by atoms with E-state index in [0.717, 1.165) is 51.4 Å². The number of hydrogen-bond donors (Lipinski definition) is 3. The Morgan fingerprint density at radius 2 is 0.898 bits per heavy atom. The van der Waals surface area contributed by atoms with Gasteiger partial charge in [-0.1, -0.05) is 197 Å². The van der Waals surface area contributed by atoms with E-state index < -0.39 is 12.1 Å². The first-order valence-electron chi connectivity index (χ1n) is 21.4. The summed E-state index contributed by atoms with van der Waals surface area (Å²) in [6.07, 6.45) is 55.1. The Balaban J connectivity index is 3.60. The summed E-state index contributed by atoms with van der Waals surface area (Å²) in [6, 6.07) is -0.646. The number of aliphatic hydroxyl groups excluding tert-OH is 2. The summed E-state index contributed by atoms with van der Waals surface area (Å²) in [4.78, 5) is 12.3. The van der Waals surface area contributed by atoms with Crippen LogP contribution < -0.4 is 5.32 Å². The maximum Gasteiger partial charge on any atom is 0.220 e. The molecule has 2 unspecified atom stereocenters. The van der Waals surface area contributed by atoms with Gasteiger partial charge in [-0.2, -0.15) is 0 Å². The van der Waals surface area contributed by atoms with E-state index in [-0.39, 0.29) is 12.5 Å². The molecule has 2 atom stereocenters. The van der Waals surface area contributed by atoms with Crippen molar-refractivity contribution in [1.82, 2.24) is 5.32 Å². The van der Waals surface area contributed by atoms with Gasteiger partial charge in [0.15, 0.2) is 0 Å². The monoisotopic (exact) mass is 686 g/mol. The van der Waals surface area contributed by atoms with Crippen LogP contribution in [0.5, 0.6) is 0 Å². The predicted molar refractivity (Wildman–Crippen MR) is 216 cm³/mol. The lowest BCUT2D eigenvalue weighted by atomic mass is 10.0. The molecule has 1 amide bonds. The molecule has 0 aromatic heterocycles. The van der Waals surface area contributed by atoms with Gasteiger partial charge in [0.1, 0.15) is 0 Å². The fourth-order valence-corrected chi connectivity index (χ4v) is 6.23. The summed E-state index contributed by atoms with van der Waals surface area (Å²) in [5, 5.41) is 22.9. The summed E-state index contributed by atoms with van der Waals surface area (Å²) >= 11 is 0. The molecule has 0 saturated heterocycles. The predicted octanol–water partition coefficient (Wildman–Crippen LogP) is 13.2. The molecule has 0 bridgehead atoms. The SMILES string of the molecule is CCC/C=C\C/C=C\CCCCCCCC(=O)NC(CO)C(O)/C=C/CC/C=C/CCCCCCCCCCCCCCCCCCCC. The molecular formula is C45H83NO3. The third kappa shape index (κ3) is 37.4. The van der Waals surface area contributed by atoms with E-state index in [0.29, 0.717) is 6.42 Å². The highest BCUT2D eigenvalue weighted by atomic mass is 16.3. The number of unbranched alkanes of at least 4 members (excludes halogenated alkanes) is 25. The summed E-state index contributed by atoms with van der Waals surface area (Å²) < 4.78 is 0. The molecule has 0 spiro atoms. The van der Waals surface area contributed by atoms with Crippen LogP contribution in [0.3, 0.4) is 0 Å². The lowest BCUT2D eigenvalue weighted by molar-refractivity contribution is -0.123. The minimum atomic E-state index is -0.868. The van der Waals surface area contributed by atoms with Crippen molar-refractivity contribution in [1.29, 1.82) is 0 Å². The van der Waals surface area contributed by atoms with E-state index in [2.05, 4.69) is 55.6 Å². The molecule has 0 aliphatic heterocycles. The molecule has 4 heteroatoms. The zero-order valence-corrected chi connectivity index (χ0v) is 32.7. The average molecular weight is 686 g/mol. The maximum atomic E-state index is 12.3. The molecule has 0 aliphatic rings. The van der Waals surface area contributed by atoms with Crippen molar-refractivity contribution < 1.29 is 15.0 Å². The second-order valence-corrected chi connectivity index (χ2v) is 14.4. The third-order valence-corrected chi connectivity index (χ3v) is 9.52. The molecule has 0 heterocycles. The van der Waals surface area contributed by atoms with Gasteiger partial charge in [0.2, 0.25) is 5.91 Å². The summed E-state index contributed by atoms with van der Waals surface area (Å²) in [5.74, 6) is -0.0897. The molecule has 0 aromatic rings. The number of rotatable bonds is 38. The zero-order chi connectivity index (χ0) is 35.7. The molecule has 0 aliphatic carbocycles. The topological polar surface area (TPSA) is 69.6 Å². The van der Waals surface area contributed by atoms with Gasteiger partial charge < -0.3 is 15.5 Å². The van der Waals surface area contributed by atoms with Crippen molar-refractivity contribution in [2.24, 2.45) is 0 Å². The van der Waals surface area contributed by atoms with Crippen LogP contribution in [0.25, 0.3) is 0 Å². The van der Waals surface area contributed by atoms with Crippen LogP contribution in [0.4, 0.5) is 0 Å². The zero-order valence-electron chi connectivity index (χ0n) is 32.7. The van der Waals surface area contributed by atoms with E-state index in [1.165, 1.54) is 141 Å². The molecule has 3 N–H and O–H groups in total. The van der Waals surface area contributed by atoms with Crippen molar-refractivity contribution in [2.45, 2.75) is 225 Å². The van der Waals surface area contributed by atoms with Gasteiger partial charge >= 0.3 is 0 Å². The van der Waals surface area contributed by atoms with Gasteiger partial charge in [0, 0.05) is 6.42 Å². The molecule has 0 aromatic carbocycles. The summed E-state index contributed by atoms with van der Waals surface area (Å²) in [7, 11) is 0. The number of hydrogen-bond acceptors (Lipinski definition) is 3. The van der Waals surface area contributed by atoms with E-state index in [1.54, 1.807) is 6.08 Å². The second-order valence-electron chi connectivity index (χ2n) is 14.4. The van der Waals surface area contributed by atoms with E-state index >= 15 is 0 Å². The molecule has 0 rings (SSSR count). The molecule has 286 valence electrons. The molecule has 0 saturated carbocycles. The molecular weight excluding hydrogens is 602 g/mol. The van der Waals surface area contributed by atoms with Crippen LogP contribution in [-0.2, 0) is 4.79 Å². The van der Waals surface area contributed by atoms with Gasteiger partial charge in [-0.15, -0.1) is 0 Å². The highest BCUT2D eigenvalue weighted by molar-refractivity contribution is 5.76. The lowest BCUT2D eigenvalue weighted by Gasteiger charge is -2.19. The molecule has 0 radical (unpaired) electrons. The fourth-order valence-electron chi connectivity index (χ4n) is 6.23. The van der Waals surface area contributed by atoms with Crippen molar-refractivity contribution in [3.05, 3.63) is 48.6 Å². The number of nitrogens with one attached hydrogen (secondary N) is 1. The van der Waals surface area contributed by atoms with E-state index in [1.807, 2.05) is 6.08 Å². The highest BCUT2D eigenvalue weighted by Gasteiger charge is 2.17. The third-order valence-electron chi connectivity index (χ3n) is 9.52. The van der Waals surface area contributed by atoms with Crippen LogP contribution >= 0.6 is 0 Å². The quantitative estimate of drug-likeness (QED) is 0.0447. The van der Waals surface area contributed by atoms with Crippen molar-refractivity contribution in [3.8, 4) is 0 Å². The van der Waals surface area contributed by atoms with Crippen LogP contribution in [0.15, 0.2) is 48.6 Å². The molecule has 0 fully saturated rings. The first kappa shape index (κ1) is 47.4. The minimum Gasteiger partial charge on any atom is -0.394 e. The Hall–Kier alpha value is -1.65. The number of carbonyl (C=O) groups is 1. The van der Waals surface area contributed by atoms with Crippen LogP contribution in [0.1, 0.15) is 213 Å². The molecule has 49 heavy (non-hydrogen) atoms. The van der Waals surface area contributed by atoms with Crippen molar-refractivity contribution in [2.75, 3.05) is 6.61 Å². The van der Waals surface area contributed by atoms with E-state index in [4.69, 9.17) is 0 Å². The van der Waals surface area contributed by atoms with Crippen molar-refractivity contribution >= 4 is 5.91 Å². The van der Waals surface area contributed by atoms with Gasteiger partial charge in [-0.05, 0) is 57.8 Å². The Labute approximate surface area is 305 Å². The lowest BCUT2D eigenvalue weighted by Crippen LogP contribution is -2.45. The summed E-state index contributed by atoms with van der Waals surface area (Å²) in [6.45, 7) is 4.22. The standard InChI is InChI=1S/C45H83NO3/c1-3-5-7-9-11-13-15-17-18-19-20-21-22-23-24-25-26-27-29-30-32-34-36-38-40-44(48)43(42-47)46-45(49)41-39-37-35-33-31-28-16-14-12-10-8-6-4-2/h8,10,14,16,30,32,38,40,43-44,47-48H,3-7,9,11-13,15,17-29,31,33-37,39,41-42H2,1-2H3,(H,46,49)/b10-8-,16-14-,32-30+,40-38+. The van der Waals surface area contributed by atoms with Gasteiger partial charge in [0.25, 0.3) is 0 Å². The van der Waals surface area contributed by atoms with E-state index in [9.17, 15) is 15.0 Å². The number of allylic oxidation sites excluding steroid dienone is 7. The number of aliphatic hydroxyl groups is 2. The second kappa shape index (κ2) is 40.8. The van der Waals surface area contributed by atoms with Crippen LogP contribution in [0, 0.1) is 0 Å². The maximum absolute atomic E-state index is 12.3. The van der Waals surface area contributed by atoms with Crippen LogP contribution in [0.2, 0.25) is 0 Å². The number of amides is 1. The Kier molecular flexibility index (Phi) is 39.4. The summed E-state index contributed by atoms with van der Waals surface area (Å²) in [5.41, 5.74) is 0. The Bertz CT molecular complexity index is 786. The average Bonchev–Trinajstić information content (AvgIpc) is 3.10. The van der Waals surface area contributed by atoms with Crippen LogP contribution in [-0.4, -0.2) is 34.9 Å². The van der Waals surface area contributed by atoms with Gasteiger partial charge in [0.05, 0.1) is 18.8 Å². The minimum absolute atomic E-state index is 0.0897. The number of carbonyl (C=O) groups excluding carboxylic acids is 1. The largest absolute Gasteiger partial charge is 0.394 e. The highest BCUT2D eigenvalue weighted by Crippen LogP contribution is 2.15.